The molecule has 0 bridgehead atoms. The summed E-state index contributed by atoms with van der Waals surface area (Å²) in [7, 11) is 0. The monoisotopic (exact) mass is 670 g/mol. The average Bonchev–Trinajstić information content (AvgIpc) is 3.06. The summed E-state index contributed by atoms with van der Waals surface area (Å²) in [5, 5.41) is 2.60. The molecule has 6 rings (SSSR count). The van der Waals surface area contributed by atoms with Gasteiger partial charge < -0.3 is 30.5 Å². The maximum Gasteiger partial charge on any atom is 0.418 e. The lowest BCUT2D eigenvalue weighted by Gasteiger charge is -2.44. The molecule has 2 saturated heterocycles. The zero-order chi connectivity index (χ0) is 33.3. The molecule has 1 atom stereocenters. The fourth-order valence-corrected chi connectivity index (χ4v) is 7.02. The highest BCUT2D eigenvalue weighted by Gasteiger charge is 2.44. The number of nitrogens with two attached hydrogens (primary N) is 1. The van der Waals surface area contributed by atoms with Crippen LogP contribution in [0.5, 0.6) is 0 Å². The minimum atomic E-state index is -4.78. The molecule has 2 fully saturated rings. The summed E-state index contributed by atoms with van der Waals surface area (Å²) in [4.78, 5) is 49.2. The third-order valence-corrected chi connectivity index (χ3v) is 9.62. The van der Waals surface area contributed by atoms with Gasteiger partial charge in [0.25, 0.3) is 5.91 Å². The third kappa shape index (κ3) is 6.80. The number of hydrogen-bond donors (Lipinski definition) is 2. The van der Waals surface area contributed by atoms with Crippen LogP contribution in [-0.2, 0) is 32.3 Å². The lowest BCUT2D eigenvalue weighted by Crippen LogP contribution is -2.54. The van der Waals surface area contributed by atoms with Gasteiger partial charge in [-0.2, -0.15) is 13.2 Å². The van der Waals surface area contributed by atoms with Crippen molar-refractivity contribution >= 4 is 46.6 Å². The number of para-hydroxylation sites is 1. The number of halogens is 4. The molecule has 10 nitrogen and oxygen atoms in total. The Bertz CT molecular complexity index is 1660. The SMILES string of the molecule is Nc1c(Cl)cc(C[C@@H](OC(=O)N2CCC3(CC2)CC(=O)Nc2ccccc23)C(=O)N2CCN(c3ccncc3)CC2)cc1C(F)(F)F. The number of nitrogens with one attached hydrogen (secondary N) is 1. The Hall–Kier alpha value is -4.52. The highest BCUT2D eigenvalue weighted by Crippen LogP contribution is 2.45. The zero-order valence-electron chi connectivity index (χ0n) is 25.4. The van der Waals surface area contributed by atoms with Crippen LogP contribution in [0.25, 0.3) is 0 Å². The molecule has 3 amide bonds. The molecule has 248 valence electrons. The Labute approximate surface area is 274 Å². The first-order valence-corrected chi connectivity index (χ1v) is 15.8. The third-order valence-electron chi connectivity index (χ3n) is 9.30. The first kappa shape index (κ1) is 32.4. The van der Waals surface area contributed by atoms with E-state index < -0.39 is 40.9 Å². The normalized spacial score (nSPS) is 18.4. The largest absolute Gasteiger partial charge is 0.436 e. The number of amides is 3. The van der Waals surface area contributed by atoms with E-state index in [1.54, 1.807) is 17.3 Å². The first-order chi connectivity index (χ1) is 22.4. The van der Waals surface area contributed by atoms with E-state index >= 15 is 0 Å². The van der Waals surface area contributed by atoms with Gasteiger partial charge in [0.15, 0.2) is 6.10 Å². The van der Waals surface area contributed by atoms with Crippen LogP contribution in [0.15, 0.2) is 60.9 Å². The minimum absolute atomic E-state index is 0.0560. The number of anilines is 3. The van der Waals surface area contributed by atoms with Crippen LogP contribution in [-0.4, -0.2) is 78.1 Å². The Morgan fingerprint density at radius 2 is 1.68 bits per heavy atom. The van der Waals surface area contributed by atoms with Gasteiger partial charge in [-0.1, -0.05) is 29.8 Å². The standard InChI is InChI=1S/C33H34ClF3N6O4/c34-25-18-21(17-24(29(25)38)33(35,36)37)19-27(30(45)42-15-13-41(14-16-42)22-5-9-39-10-6-22)47-31(46)43-11-7-32(8-12-43)20-28(44)40-26-4-2-1-3-23(26)32/h1-6,9-10,17-18,27H,7-8,11-16,19-20,38H2,(H,40,44)/t27-/m1/s1. The Balaban J connectivity index is 1.19. The van der Waals surface area contributed by atoms with Crippen molar-refractivity contribution in [2.45, 2.75) is 43.4 Å². The number of piperazine rings is 1. The number of aromatic nitrogens is 1. The van der Waals surface area contributed by atoms with Gasteiger partial charge in [-0.15, -0.1) is 0 Å². The number of alkyl halides is 3. The molecule has 3 aliphatic rings. The lowest BCUT2D eigenvalue weighted by atomic mass is 9.68. The molecule has 0 saturated carbocycles. The van der Waals surface area contributed by atoms with Gasteiger partial charge in [0.1, 0.15) is 0 Å². The molecule has 3 N–H and O–H groups in total. The van der Waals surface area contributed by atoms with Crippen LogP contribution in [0.3, 0.4) is 0 Å². The van der Waals surface area contributed by atoms with Gasteiger partial charge in [-0.25, -0.2) is 4.79 Å². The number of ether oxygens (including phenoxy) is 1. The number of rotatable bonds is 5. The van der Waals surface area contributed by atoms with Crippen LogP contribution in [0, 0.1) is 0 Å². The number of piperidine rings is 1. The number of benzene rings is 2. The summed E-state index contributed by atoms with van der Waals surface area (Å²) in [5.41, 5.74) is 6.24. The summed E-state index contributed by atoms with van der Waals surface area (Å²) in [6.07, 6.45) is -2.61. The fourth-order valence-electron chi connectivity index (χ4n) is 6.77. The lowest BCUT2D eigenvalue weighted by molar-refractivity contribution is -0.141. The van der Waals surface area contributed by atoms with Crippen LogP contribution < -0.4 is 16.0 Å². The molecule has 47 heavy (non-hydrogen) atoms. The van der Waals surface area contributed by atoms with Gasteiger partial charge in [0.2, 0.25) is 5.91 Å². The van der Waals surface area contributed by atoms with Gasteiger partial charge in [0, 0.05) is 81.3 Å². The molecule has 1 spiro atoms. The molecule has 14 heteroatoms. The molecule has 2 aromatic carbocycles. The minimum Gasteiger partial charge on any atom is -0.436 e. The molecule has 0 unspecified atom stereocenters. The number of pyridine rings is 1. The number of nitrogens with zero attached hydrogens (tertiary/aromatic N) is 4. The highest BCUT2D eigenvalue weighted by molar-refractivity contribution is 6.33. The van der Waals surface area contributed by atoms with Crippen molar-refractivity contribution in [3.05, 3.63) is 82.6 Å². The zero-order valence-corrected chi connectivity index (χ0v) is 26.2. The smallest absolute Gasteiger partial charge is 0.418 e. The van der Waals surface area contributed by atoms with Crippen molar-refractivity contribution in [2.24, 2.45) is 0 Å². The van der Waals surface area contributed by atoms with E-state index in [0.29, 0.717) is 45.4 Å². The van der Waals surface area contributed by atoms with Crippen molar-refractivity contribution in [2.75, 3.05) is 55.2 Å². The average molecular weight is 671 g/mol. The van der Waals surface area contributed by atoms with E-state index in [0.717, 1.165) is 23.0 Å². The van der Waals surface area contributed by atoms with E-state index in [1.807, 2.05) is 36.4 Å². The van der Waals surface area contributed by atoms with Crippen molar-refractivity contribution in [3.63, 3.8) is 0 Å². The van der Waals surface area contributed by atoms with E-state index in [-0.39, 0.29) is 36.0 Å². The fraction of sp³-hybridized carbons (Fsp3) is 0.394. The van der Waals surface area contributed by atoms with Crippen LogP contribution >= 0.6 is 11.6 Å². The van der Waals surface area contributed by atoms with Crippen molar-refractivity contribution in [1.82, 2.24) is 14.8 Å². The van der Waals surface area contributed by atoms with Crippen molar-refractivity contribution in [3.8, 4) is 0 Å². The molecule has 3 aromatic rings. The number of likely N-dealkylation sites (tertiary alicyclic amines) is 1. The van der Waals surface area contributed by atoms with E-state index in [4.69, 9.17) is 22.1 Å². The second-order valence-electron chi connectivity index (χ2n) is 12.2. The van der Waals surface area contributed by atoms with Gasteiger partial charge >= 0.3 is 12.3 Å². The molecular formula is C33H34ClF3N6O4. The molecule has 0 radical (unpaired) electrons. The topological polar surface area (TPSA) is 121 Å². The van der Waals surface area contributed by atoms with Crippen LogP contribution in [0.4, 0.5) is 35.0 Å². The Morgan fingerprint density at radius 1 is 1.00 bits per heavy atom. The van der Waals surface area contributed by atoms with Crippen LogP contribution in [0.2, 0.25) is 5.02 Å². The maximum absolute atomic E-state index is 13.9. The number of nitrogen functional groups attached to an aromatic ring is 1. The van der Waals surface area contributed by atoms with Crippen molar-refractivity contribution < 1.29 is 32.3 Å². The number of fused-ring (bicyclic) bond motifs is 2. The Kier molecular flexibility index (Phi) is 8.93. The van der Waals surface area contributed by atoms with Gasteiger partial charge in [-0.05, 0) is 54.3 Å². The molecule has 3 aliphatic heterocycles. The second-order valence-corrected chi connectivity index (χ2v) is 12.6. The first-order valence-electron chi connectivity index (χ1n) is 15.4. The number of carbonyl (C=O) groups is 3. The van der Waals surface area contributed by atoms with E-state index in [9.17, 15) is 27.6 Å². The summed E-state index contributed by atoms with van der Waals surface area (Å²) >= 11 is 6.08. The quantitative estimate of drug-likeness (QED) is 0.362. The molecule has 0 aliphatic carbocycles. The summed E-state index contributed by atoms with van der Waals surface area (Å²) < 4.78 is 47.1. The summed E-state index contributed by atoms with van der Waals surface area (Å²) in [6, 6.07) is 13.4. The maximum atomic E-state index is 13.9. The summed E-state index contributed by atoms with van der Waals surface area (Å²) in [6.45, 7) is 2.20. The molecule has 1 aromatic heterocycles. The summed E-state index contributed by atoms with van der Waals surface area (Å²) in [5.74, 6) is -0.601. The predicted molar refractivity (Wildman–Crippen MR) is 170 cm³/mol. The van der Waals surface area contributed by atoms with E-state index in [1.165, 1.54) is 11.0 Å². The highest BCUT2D eigenvalue weighted by atomic mass is 35.5. The Morgan fingerprint density at radius 3 is 2.36 bits per heavy atom. The van der Waals surface area contributed by atoms with Gasteiger partial charge in [0.05, 0.1) is 16.3 Å². The van der Waals surface area contributed by atoms with Gasteiger partial charge in [-0.3, -0.25) is 14.6 Å². The predicted octanol–water partition coefficient (Wildman–Crippen LogP) is 5.11. The van der Waals surface area contributed by atoms with E-state index in [2.05, 4.69) is 15.2 Å². The second kappa shape index (κ2) is 12.9. The molecular weight excluding hydrogens is 637 g/mol. The van der Waals surface area contributed by atoms with Crippen LogP contribution in [0.1, 0.15) is 36.0 Å². The molecule has 4 heterocycles. The number of carbonyl (C=O) groups excluding carboxylic acids is 3. The number of hydrogen-bond acceptors (Lipinski definition) is 7. The van der Waals surface area contributed by atoms with Crippen molar-refractivity contribution in [1.29, 1.82) is 0 Å².